The number of hydrogen-bond acceptors (Lipinski definition) is 2. The smallest absolute Gasteiger partial charge is 0.233 e. The number of benzene rings is 1. The summed E-state index contributed by atoms with van der Waals surface area (Å²) in [6.45, 7) is 4.94. The quantitative estimate of drug-likeness (QED) is 0.641. The Labute approximate surface area is 79.8 Å². The van der Waals surface area contributed by atoms with Crippen molar-refractivity contribution in [3.8, 4) is 5.75 Å². The van der Waals surface area contributed by atoms with Crippen molar-refractivity contribution in [2.45, 2.75) is 26.1 Å². The van der Waals surface area contributed by atoms with E-state index in [0.717, 1.165) is 11.3 Å². The Hall–Kier alpha value is -0.590. The van der Waals surface area contributed by atoms with Gasteiger partial charge in [-0.15, -0.1) is 0 Å². The molecule has 1 atom stereocenters. The van der Waals surface area contributed by atoms with Crippen LogP contribution in [0.3, 0.4) is 0 Å². The Bertz CT molecular complexity index is 299. The van der Waals surface area contributed by atoms with Crippen LogP contribution in [0.1, 0.15) is 19.4 Å². The highest BCUT2D eigenvalue weighted by Crippen LogP contribution is 2.49. The summed E-state index contributed by atoms with van der Waals surface area (Å²) in [7, 11) is -0.717. The molecule has 0 aliphatic carbocycles. The lowest BCUT2D eigenvalue weighted by molar-refractivity contribution is 0.273. The van der Waals surface area contributed by atoms with Gasteiger partial charge in [0.25, 0.3) is 0 Å². The fraction of sp³-hybridized carbons (Fsp3) is 0.400. The van der Waals surface area contributed by atoms with Crippen LogP contribution >= 0.6 is 8.38 Å². The van der Waals surface area contributed by atoms with Crippen LogP contribution in [0.2, 0.25) is 0 Å². The third-order valence-electron chi connectivity index (χ3n) is 1.93. The maximum atomic E-state index is 5.74. The molecular weight excluding hydrogens is 183 g/mol. The zero-order chi connectivity index (χ0) is 9.26. The van der Waals surface area contributed by atoms with Gasteiger partial charge in [-0.1, -0.05) is 32.0 Å². The van der Waals surface area contributed by atoms with Gasteiger partial charge in [0.2, 0.25) is 8.38 Å². The largest absolute Gasteiger partial charge is 0.447 e. The monoisotopic (exact) mass is 196 g/mol. The molecule has 1 aromatic carbocycles. The van der Waals surface area contributed by atoms with E-state index in [2.05, 4.69) is 13.8 Å². The molecule has 0 bridgehead atoms. The number of fused-ring (bicyclic) bond motifs is 1. The first-order valence-electron chi connectivity index (χ1n) is 4.45. The van der Waals surface area contributed by atoms with Crippen LogP contribution in [0.25, 0.3) is 0 Å². The van der Waals surface area contributed by atoms with Crippen molar-refractivity contribution in [2.24, 2.45) is 0 Å². The predicted octanol–water partition coefficient (Wildman–Crippen LogP) is 3.32. The van der Waals surface area contributed by atoms with Crippen LogP contribution < -0.4 is 4.52 Å². The van der Waals surface area contributed by atoms with Gasteiger partial charge in [-0.3, -0.25) is 0 Å². The molecule has 2 nitrogen and oxygen atoms in total. The molecule has 0 radical (unpaired) electrons. The zero-order valence-electron chi connectivity index (χ0n) is 7.86. The second-order valence-corrected chi connectivity index (χ2v) is 5.40. The molecule has 1 aliphatic heterocycles. The average Bonchev–Trinajstić information content (AvgIpc) is 2.17. The SMILES string of the molecule is CC(C)P1OCc2ccccc2O1. The highest BCUT2D eigenvalue weighted by Gasteiger charge is 2.23. The van der Waals surface area contributed by atoms with E-state index in [9.17, 15) is 0 Å². The molecule has 0 N–H and O–H groups in total. The Morgan fingerprint density at radius 2 is 2.08 bits per heavy atom. The third kappa shape index (κ3) is 1.84. The average molecular weight is 196 g/mol. The van der Waals surface area contributed by atoms with Gasteiger partial charge >= 0.3 is 0 Å². The van der Waals surface area contributed by atoms with Gasteiger partial charge in [-0.05, 0) is 6.07 Å². The molecule has 1 aromatic rings. The van der Waals surface area contributed by atoms with Crippen molar-refractivity contribution >= 4 is 8.38 Å². The molecule has 0 fully saturated rings. The van der Waals surface area contributed by atoms with Gasteiger partial charge in [-0.2, -0.15) is 0 Å². The van der Waals surface area contributed by atoms with Gasteiger partial charge < -0.3 is 9.05 Å². The fourth-order valence-corrected chi connectivity index (χ4v) is 2.42. The summed E-state index contributed by atoms with van der Waals surface area (Å²) in [5, 5.41) is 0. The molecule has 2 rings (SSSR count). The van der Waals surface area contributed by atoms with Gasteiger partial charge in [0.05, 0.1) is 6.61 Å². The highest BCUT2D eigenvalue weighted by atomic mass is 31.2. The molecule has 13 heavy (non-hydrogen) atoms. The van der Waals surface area contributed by atoms with E-state index >= 15 is 0 Å². The lowest BCUT2D eigenvalue weighted by atomic mass is 10.2. The van der Waals surface area contributed by atoms with Crippen molar-refractivity contribution in [1.29, 1.82) is 0 Å². The predicted molar refractivity (Wildman–Crippen MR) is 53.9 cm³/mol. The minimum absolute atomic E-state index is 0.461. The van der Waals surface area contributed by atoms with Crippen molar-refractivity contribution in [1.82, 2.24) is 0 Å². The Morgan fingerprint density at radius 1 is 1.31 bits per heavy atom. The fourth-order valence-electron chi connectivity index (χ4n) is 1.22. The summed E-state index contributed by atoms with van der Waals surface area (Å²) in [6, 6.07) is 8.06. The maximum absolute atomic E-state index is 5.74. The first kappa shape index (κ1) is 8.98. The summed E-state index contributed by atoms with van der Waals surface area (Å²) in [5.41, 5.74) is 1.62. The highest BCUT2D eigenvalue weighted by molar-refractivity contribution is 7.48. The lowest BCUT2D eigenvalue weighted by Crippen LogP contribution is -2.09. The van der Waals surface area contributed by atoms with Crippen molar-refractivity contribution in [2.75, 3.05) is 0 Å². The maximum Gasteiger partial charge on any atom is 0.233 e. The van der Waals surface area contributed by atoms with E-state index in [1.54, 1.807) is 0 Å². The lowest BCUT2D eigenvalue weighted by Gasteiger charge is -2.27. The van der Waals surface area contributed by atoms with E-state index < -0.39 is 8.38 Å². The van der Waals surface area contributed by atoms with Crippen molar-refractivity contribution < 1.29 is 9.05 Å². The molecule has 0 amide bonds. The van der Waals surface area contributed by atoms with Crippen LogP contribution in [0.15, 0.2) is 24.3 Å². The summed E-state index contributed by atoms with van der Waals surface area (Å²) in [6.07, 6.45) is 0. The zero-order valence-corrected chi connectivity index (χ0v) is 8.75. The molecule has 1 unspecified atom stereocenters. The summed E-state index contributed by atoms with van der Waals surface area (Å²) < 4.78 is 11.3. The molecular formula is C10H13O2P. The van der Waals surface area contributed by atoms with Crippen LogP contribution in [0.5, 0.6) is 5.75 Å². The van der Waals surface area contributed by atoms with Crippen LogP contribution in [0, 0.1) is 0 Å². The first-order valence-corrected chi connectivity index (χ1v) is 5.70. The molecule has 0 saturated carbocycles. The molecule has 70 valence electrons. The molecule has 1 aliphatic rings. The normalized spacial score (nSPS) is 21.0. The first-order chi connectivity index (χ1) is 6.27. The van der Waals surface area contributed by atoms with Crippen LogP contribution in [-0.2, 0) is 11.1 Å². The minimum atomic E-state index is -0.717. The second kappa shape index (κ2) is 3.65. The van der Waals surface area contributed by atoms with Crippen LogP contribution in [-0.4, -0.2) is 5.66 Å². The summed E-state index contributed by atoms with van der Waals surface area (Å²) in [5.74, 6) is 0.994. The number of para-hydroxylation sites is 1. The Kier molecular flexibility index (Phi) is 2.52. The van der Waals surface area contributed by atoms with Gasteiger partial charge in [0.1, 0.15) is 5.75 Å². The topological polar surface area (TPSA) is 18.5 Å². The van der Waals surface area contributed by atoms with Gasteiger partial charge in [0, 0.05) is 11.2 Å². The van der Waals surface area contributed by atoms with Crippen LogP contribution in [0.4, 0.5) is 0 Å². The van der Waals surface area contributed by atoms with E-state index in [1.807, 2.05) is 24.3 Å². The van der Waals surface area contributed by atoms with Gasteiger partial charge in [0.15, 0.2) is 0 Å². The van der Waals surface area contributed by atoms with E-state index in [0.29, 0.717) is 12.3 Å². The van der Waals surface area contributed by atoms with Crippen molar-refractivity contribution in [3.05, 3.63) is 29.8 Å². The molecule has 3 heteroatoms. The molecule has 0 aromatic heterocycles. The molecule has 0 saturated heterocycles. The minimum Gasteiger partial charge on any atom is -0.447 e. The molecule has 0 spiro atoms. The van der Waals surface area contributed by atoms with Crippen molar-refractivity contribution in [3.63, 3.8) is 0 Å². The van der Waals surface area contributed by atoms with E-state index in [4.69, 9.17) is 9.05 Å². The Morgan fingerprint density at radius 3 is 2.85 bits per heavy atom. The third-order valence-corrected chi connectivity index (χ3v) is 3.53. The van der Waals surface area contributed by atoms with E-state index in [-0.39, 0.29) is 0 Å². The second-order valence-electron chi connectivity index (χ2n) is 3.35. The van der Waals surface area contributed by atoms with E-state index in [1.165, 1.54) is 0 Å². The standard InChI is InChI=1S/C10H13O2P/c1-8(2)13-11-7-9-5-3-4-6-10(9)12-13/h3-6,8H,7H2,1-2H3. The summed E-state index contributed by atoms with van der Waals surface area (Å²) in [4.78, 5) is 0. The summed E-state index contributed by atoms with van der Waals surface area (Å²) >= 11 is 0. The molecule has 1 heterocycles. The Balaban J connectivity index is 2.20. The number of rotatable bonds is 1. The van der Waals surface area contributed by atoms with Gasteiger partial charge in [-0.25, -0.2) is 0 Å². The number of hydrogen-bond donors (Lipinski definition) is 0.